The number of benzene rings is 1. The van der Waals surface area contributed by atoms with Gasteiger partial charge in [-0.2, -0.15) is 8.61 Å². The summed E-state index contributed by atoms with van der Waals surface area (Å²) in [6.45, 7) is 12.1. The molecule has 2 fully saturated rings. The predicted octanol–water partition coefficient (Wildman–Crippen LogP) is 0.738. The molecular formula is C20H34N4O5S2. The number of piperazine rings is 2. The van der Waals surface area contributed by atoms with E-state index in [1.165, 1.54) is 26.8 Å². The number of nitrogens with zero attached hydrogens (tertiary/aromatic N) is 4. The second-order valence-corrected chi connectivity index (χ2v) is 11.6. The third kappa shape index (κ3) is 5.23. The highest BCUT2D eigenvalue weighted by atomic mass is 32.2. The van der Waals surface area contributed by atoms with Crippen molar-refractivity contribution in [2.45, 2.75) is 30.6 Å². The van der Waals surface area contributed by atoms with Gasteiger partial charge in [0.05, 0.1) is 11.5 Å². The number of ether oxygens (including phenoxy) is 1. The van der Waals surface area contributed by atoms with Crippen LogP contribution in [0.25, 0.3) is 0 Å². The molecule has 0 aromatic heterocycles. The number of likely N-dealkylation sites (N-methyl/N-ethyl adjacent to an activating group) is 2. The van der Waals surface area contributed by atoms with E-state index < -0.39 is 20.0 Å². The van der Waals surface area contributed by atoms with Crippen LogP contribution < -0.4 is 4.74 Å². The van der Waals surface area contributed by atoms with Crippen molar-refractivity contribution in [3.63, 3.8) is 0 Å². The van der Waals surface area contributed by atoms with E-state index in [9.17, 15) is 16.8 Å². The molecule has 0 spiro atoms. The van der Waals surface area contributed by atoms with Gasteiger partial charge in [0.25, 0.3) is 0 Å². The minimum Gasteiger partial charge on any atom is -0.492 e. The van der Waals surface area contributed by atoms with Crippen LogP contribution >= 0.6 is 0 Å². The zero-order valence-electron chi connectivity index (χ0n) is 18.7. The summed E-state index contributed by atoms with van der Waals surface area (Å²) in [5, 5.41) is 0. The molecule has 0 atom stereocenters. The molecule has 0 amide bonds. The smallest absolute Gasteiger partial charge is 0.246 e. The summed E-state index contributed by atoms with van der Waals surface area (Å²) in [4.78, 5) is 4.29. The van der Waals surface area contributed by atoms with Gasteiger partial charge >= 0.3 is 0 Å². The van der Waals surface area contributed by atoms with E-state index in [0.717, 1.165) is 13.1 Å². The first-order valence-corrected chi connectivity index (χ1v) is 13.8. The fraction of sp³-hybridized carbons (Fsp3) is 0.700. The number of sulfonamides is 2. The summed E-state index contributed by atoms with van der Waals surface area (Å²) < 4.78 is 61.8. The fourth-order valence-electron chi connectivity index (χ4n) is 3.99. The summed E-state index contributed by atoms with van der Waals surface area (Å²) >= 11 is 0. The van der Waals surface area contributed by atoms with E-state index in [1.54, 1.807) is 6.92 Å². The van der Waals surface area contributed by atoms with Crippen LogP contribution in [0.15, 0.2) is 28.0 Å². The highest BCUT2D eigenvalue weighted by Gasteiger charge is 2.34. The predicted molar refractivity (Wildman–Crippen MR) is 119 cm³/mol. The quantitative estimate of drug-likeness (QED) is 0.549. The molecule has 2 saturated heterocycles. The number of rotatable bonds is 8. The first-order valence-electron chi connectivity index (χ1n) is 11.0. The maximum absolute atomic E-state index is 13.4. The Kier molecular flexibility index (Phi) is 7.98. The molecular weight excluding hydrogens is 440 g/mol. The Labute approximate surface area is 186 Å². The summed E-state index contributed by atoms with van der Waals surface area (Å²) in [6.07, 6.45) is 0. The highest BCUT2D eigenvalue weighted by molar-refractivity contribution is 7.90. The van der Waals surface area contributed by atoms with Gasteiger partial charge in [0.1, 0.15) is 10.6 Å². The van der Waals surface area contributed by atoms with E-state index in [2.05, 4.69) is 9.80 Å². The molecule has 1 aromatic rings. The van der Waals surface area contributed by atoms with E-state index in [0.29, 0.717) is 52.4 Å². The van der Waals surface area contributed by atoms with Crippen molar-refractivity contribution < 1.29 is 21.6 Å². The summed E-state index contributed by atoms with van der Waals surface area (Å²) in [6, 6.07) is 4.18. The average Bonchev–Trinajstić information content (AvgIpc) is 2.79. The Hall–Kier alpha value is -1.24. The molecule has 176 valence electrons. The number of hydrogen-bond acceptors (Lipinski definition) is 7. The topological polar surface area (TPSA) is 90.5 Å². The Bertz CT molecular complexity index is 952. The lowest BCUT2D eigenvalue weighted by Crippen LogP contribution is -2.48. The van der Waals surface area contributed by atoms with Gasteiger partial charge in [0.15, 0.2) is 0 Å². The zero-order valence-corrected chi connectivity index (χ0v) is 20.3. The highest BCUT2D eigenvalue weighted by Crippen LogP contribution is 2.31. The minimum atomic E-state index is -3.88. The maximum atomic E-state index is 13.4. The fourth-order valence-corrected chi connectivity index (χ4v) is 7.09. The number of hydrogen-bond donors (Lipinski definition) is 0. The Morgan fingerprint density at radius 2 is 1.23 bits per heavy atom. The molecule has 31 heavy (non-hydrogen) atoms. The van der Waals surface area contributed by atoms with Gasteiger partial charge in [-0.25, -0.2) is 16.8 Å². The summed E-state index contributed by atoms with van der Waals surface area (Å²) in [7, 11) is -7.67. The Balaban J connectivity index is 1.92. The third-order valence-corrected chi connectivity index (χ3v) is 9.84. The van der Waals surface area contributed by atoms with Crippen molar-refractivity contribution in [1.29, 1.82) is 0 Å². The monoisotopic (exact) mass is 474 g/mol. The van der Waals surface area contributed by atoms with Gasteiger partial charge < -0.3 is 14.5 Å². The van der Waals surface area contributed by atoms with Crippen LogP contribution in [0, 0.1) is 0 Å². The van der Waals surface area contributed by atoms with Gasteiger partial charge in [0.2, 0.25) is 20.0 Å². The van der Waals surface area contributed by atoms with Crippen molar-refractivity contribution in [2.75, 3.05) is 72.1 Å². The molecule has 0 aliphatic carbocycles. The molecule has 3 rings (SSSR count). The second kappa shape index (κ2) is 10.1. The van der Waals surface area contributed by atoms with Crippen LogP contribution in [0.1, 0.15) is 20.8 Å². The van der Waals surface area contributed by atoms with Crippen LogP contribution in [-0.4, -0.2) is 107 Å². The maximum Gasteiger partial charge on any atom is 0.246 e. The first kappa shape index (κ1) is 24.4. The SMILES string of the molecule is CCOc1ccc(S(=O)(=O)N2CCN(CC)CC2)cc1S(=O)(=O)N1CCN(CC)CC1. The van der Waals surface area contributed by atoms with Crippen molar-refractivity contribution in [3.05, 3.63) is 18.2 Å². The van der Waals surface area contributed by atoms with Crippen LogP contribution in [0.3, 0.4) is 0 Å². The Morgan fingerprint density at radius 3 is 1.68 bits per heavy atom. The van der Waals surface area contributed by atoms with Crippen molar-refractivity contribution in [2.24, 2.45) is 0 Å². The van der Waals surface area contributed by atoms with E-state index in [-0.39, 0.29) is 22.1 Å². The molecule has 2 heterocycles. The van der Waals surface area contributed by atoms with E-state index >= 15 is 0 Å². The summed E-state index contributed by atoms with van der Waals surface area (Å²) in [5.74, 6) is 0.190. The van der Waals surface area contributed by atoms with Gasteiger partial charge in [-0.15, -0.1) is 0 Å². The van der Waals surface area contributed by atoms with Gasteiger partial charge in [-0.1, -0.05) is 13.8 Å². The molecule has 2 aliphatic rings. The Morgan fingerprint density at radius 1 is 0.742 bits per heavy atom. The lowest BCUT2D eigenvalue weighted by atomic mass is 10.3. The van der Waals surface area contributed by atoms with Crippen LogP contribution in [0.5, 0.6) is 5.75 Å². The summed E-state index contributed by atoms with van der Waals surface area (Å²) in [5.41, 5.74) is 0. The minimum absolute atomic E-state index is 0.00771. The van der Waals surface area contributed by atoms with Gasteiger partial charge in [-0.05, 0) is 38.2 Å². The molecule has 0 radical (unpaired) electrons. The van der Waals surface area contributed by atoms with Crippen LogP contribution in [0.2, 0.25) is 0 Å². The standard InChI is InChI=1S/C20H34N4O5S2/c1-4-21-9-13-23(14-10-21)30(25,26)18-7-8-19(29-6-3)20(17-18)31(27,28)24-15-11-22(5-2)12-16-24/h7-8,17H,4-6,9-16H2,1-3H3. The molecule has 2 aliphatic heterocycles. The van der Waals surface area contributed by atoms with Crippen LogP contribution in [0.4, 0.5) is 0 Å². The van der Waals surface area contributed by atoms with Crippen molar-refractivity contribution >= 4 is 20.0 Å². The largest absolute Gasteiger partial charge is 0.492 e. The molecule has 0 bridgehead atoms. The van der Waals surface area contributed by atoms with Gasteiger partial charge in [-0.3, -0.25) is 0 Å². The molecule has 1 aromatic carbocycles. The molecule has 9 nitrogen and oxygen atoms in total. The third-order valence-electron chi connectivity index (χ3n) is 6.03. The zero-order chi connectivity index (χ0) is 22.6. The van der Waals surface area contributed by atoms with Crippen LogP contribution in [-0.2, 0) is 20.0 Å². The molecule has 0 saturated carbocycles. The molecule has 11 heteroatoms. The van der Waals surface area contributed by atoms with Crippen molar-refractivity contribution in [3.8, 4) is 5.75 Å². The first-order chi connectivity index (χ1) is 14.7. The molecule has 0 unspecified atom stereocenters. The van der Waals surface area contributed by atoms with E-state index in [1.807, 2.05) is 13.8 Å². The van der Waals surface area contributed by atoms with Crippen molar-refractivity contribution in [1.82, 2.24) is 18.4 Å². The lowest BCUT2D eigenvalue weighted by molar-refractivity contribution is 0.195. The normalized spacial score (nSPS) is 20.7. The van der Waals surface area contributed by atoms with E-state index in [4.69, 9.17) is 4.74 Å². The molecule has 0 N–H and O–H groups in total. The second-order valence-electron chi connectivity index (χ2n) is 7.72. The average molecular weight is 475 g/mol. The lowest BCUT2D eigenvalue weighted by Gasteiger charge is -2.34. The van der Waals surface area contributed by atoms with Gasteiger partial charge in [0, 0.05) is 52.4 Å².